The minimum Gasteiger partial charge on any atom is -0.349 e. The molecule has 1 fully saturated rings. The van der Waals surface area contributed by atoms with E-state index in [1.54, 1.807) is 0 Å². The number of rotatable bonds is 2. The Kier molecular flexibility index (Phi) is 2.90. The molecule has 1 aliphatic heterocycles. The summed E-state index contributed by atoms with van der Waals surface area (Å²) in [5, 5.41) is 0. The van der Waals surface area contributed by atoms with Gasteiger partial charge in [0.1, 0.15) is 6.79 Å². The molecule has 0 bridgehead atoms. The molecule has 11 heavy (non-hydrogen) atoms. The molecule has 2 heteroatoms. The van der Waals surface area contributed by atoms with E-state index in [2.05, 4.69) is 27.7 Å². The van der Waals surface area contributed by atoms with Crippen LogP contribution in [-0.2, 0) is 9.47 Å². The van der Waals surface area contributed by atoms with Crippen molar-refractivity contribution in [3.8, 4) is 0 Å². The summed E-state index contributed by atoms with van der Waals surface area (Å²) >= 11 is 0. The molecule has 2 nitrogen and oxygen atoms in total. The predicted octanol–water partition coefficient (Wildman–Crippen LogP) is 2.04. The summed E-state index contributed by atoms with van der Waals surface area (Å²) in [4.78, 5) is 0. The lowest BCUT2D eigenvalue weighted by Crippen LogP contribution is -2.31. The highest BCUT2D eigenvalue weighted by Crippen LogP contribution is 2.25. The summed E-state index contributed by atoms with van der Waals surface area (Å²) in [5.74, 6) is 1.12. The van der Waals surface area contributed by atoms with Gasteiger partial charge in [-0.05, 0) is 11.8 Å². The summed E-state index contributed by atoms with van der Waals surface area (Å²) in [6.07, 6.45) is 0.602. The van der Waals surface area contributed by atoms with Crippen molar-refractivity contribution in [2.45, 2.75) is 39.9 Å². The molecule has 0 aromatic carbocycles. The summed E-state index contributed by atoms with van der Waals surface area (Å²) in [6, 6.07) is 0. The first-order chi connectivity index (χ1) is 5.13. The monoisotopic (exact) mass is 158 g/mol. The third-order valence-electron chi connectivity index (χ3n) is 2.16. The number of hydrogen-bond donors (Lipinski definition) is 0. The average molecular weight is 158 g/mol. The molecule has 0 spiro atoms. The molecule has 0 aromatic heterocycles. The van der Waals surface area contributed by atoms with Crippen molar-refractivity contribution >= 4 is 0 Å². The van der Waals surface area contributed by atoms with E-state index in [4.69, 9.17) is 9.47 Å². The second kappa shape index (κ2) is 3.55. The summed E-state index contributed by atoms with van der Waals surface area (Å²) in [6.45, 7) is 9.18. The second-order valence-electron chi connectivity index (χ2n) is 3.87. The van der Waals surface area contributed by atoms with E-state index in [9.17, 15) is 0 Å². The van der Waals surface area contributed by atoms with Gasteiger partial charge >= 0.3 is 0 Å². The number of hydrogen-bond acceptors (Lipinski definition) is 2. The lowest BCUT2D eigenvalue weighted by atomic mass is 9.94. The molecular formula is C9H18O2. The molecule has 1 aliphatic rings. The molecule has 0 aliphatic carbocycles. The van der Waals surface area contributed by atoms with Gasteiger partial charge in [-0.2, -0.15) is 0 Å². The topological polar surface area (TPSA) is 18.5 Å². The van der Waals surface area contributed by atoms with Crippen LogP contribution in [0.3, 0.4) is 0 Å². The van der Waals surface area contributed by atoms with Gasteiger partial charge in [0.2, 0.25) is 0 Å². The van der Waals surface area contributed by atoms with E-state index < -0.39 is 0 Å². The molecular weight excluding hydrogens is 140 g/mol. The lowest BCUT2D eigenvalue weighted by molar-refractivity contribution is 0.0273. The molecule has 0 radical (unpaired) electrons. The Bertz CT molecular complexity index is 107. The minimum absolute atomic E-state index is 0.301. The third kappa shape index (κ3) is 1.94. The van der Waals surface area contributed by atoms with Gasteiger partial charge in [0, 0.05) is 0 Å². The highest BCUT2D eigenvalue weighted by atomic mass is 16.7. The van der Waals surface area contributed by atoms with E-state index in [-0.39, 0.29) is 0 Å². The Balaban J connectivity index is 2.51. The molecule has 0 amide bonds. The zero-order chi connectivity index (χ0) is 8.43. The maximum Gasteiger partial charge on any atom is 0.147 e. The maximum atomic E-state index is 5.47. The first-order valence-electron chi connectivity index (χ1n) is 4.36. The molecule has 0 aromatic rings. The maximum absolute atomic E-state index is 5.47. The van der Waals surface area contributed by atoms with Crippen LogP contribution in [0.2, 0.25) is 0 Å². The normalized spacial score (nSPS) is 32.2. The van der Waals surface area contributed by atoms with Gasteiger partial charge in [0.25, 0.3) is 0 Å². The zero-order valence-corrected chi connectivity index (χ0v) is 7.83. The quantitative estimate of drug-likeness (QED) is 0.612. The Labute approximate surface area is 68.9 Å². The van der Waals surface area contributed by atoms with Crippen LogP contribution < -0.4 is 0 Å². The number of ether oxygens (including phenoxy) is 2. The molecule has 66 valence electrons. The van der Waals surface area contributed by atoms with Crippen molar-refractivity contribution in [3.05, 3.63) is 0 Å². The molecule has 2 unspecified atom stereocenters. The van der Waals surface area contributed by atoms with Crippen molar-refractivity contribution in [2.75, 3.05) is 6.79 Å². The van der Waals surface area contributed by atoms with E-state index in [0.717, 1.165) is 0 Å². The molecule has 1 rings (SSSR count). The Morgan fingerprint density at radius 2 is 1.27 bits per heavy atom. The Morgan fingerprint density at radius 1 is 0.909 bits per heavy atom. The molecule has 0 saturated carbocycles. The van der Waals surface area contributed by atoms with Crippen LogP contribution in [0.5, 0.6) is 0 Å². The van der Waals surface area contributed by atoms with Gasteiger partial charge in [0.05, 0.1) is 12.2 Å². The predicted molar refractivity (Wildman–Crippen MR) is 44.3 cm³/mol. The van der Waals surface area contributed by atoms with Gasteiger partial charge in [-0.25, -0.2) is 0 Å². The first kappa shape index (κ1) is 9.01. The highest BCUT2D eigenvalue weighted by Gasteiger charge is 2.33. The fourth-order valence-electron chi connectivity index (χ4n) is 1.53. The van der Waals surface area contributed by atoms with Crippen LogP contribution in [0.1, 0.15) is 27.7 Å². The summed E-state index contributed by atoms with van der Waals surface area (Å²) in [5.41, 5.74) is 0. The van der Waals surface area contributed by atoms with Crippen LogP contribution in [0.15, 0.2) is 0 Å². The lowest BCUT2D eigenvalue weighted by Gasteiger charge is -2.22. The largest absolute Gasteiger partial charge is 0.349 e. The Morgan fingerprint density at radius 3 is 1.55 bits per heavy atom. The van der Waals surface area contributed by atoms with Crippen molar-refractivity contribution < 1.29 is 9.47 Å². The third-order valence-corrected chi connectivity index (χ3v) is 2.16. The standard InChI is InChI=1S/C9H18O2/c1-6(2)8-9(7(3)4)11-5-10-8/h6-9H,5H2,1-4H3. The van der Waals surface area contributed by atoms with Crippen LogP contribution in [0, 0.1) is 11.8 Å². The van der Waals surface area contributed by atoms with Gasteiger partial charge in [0.15, 0.2) is 0 Å². The smallest absolute Gasteiger partial charge is 0.147 e. The summed E-state index contributed by atoms with van der Waals surface area (Å²) < 4.78 is 10.9. The molecule has 2 atom stereocenters. The van der Waals surface area contributed by atoms with Crippen LogP contribution in [-0.4, -0.2) is 19.0 Å². The first-order valence-corrected chi connectivity index (χ1v) is 4.36. The molecule has 0 N–H and O–H groups in total. The van der Waals surface area contributed by atoms with Crippen molar-refractivity contribution in [2.24, 2.45) is 11.8 Å². The van der Waals surface area contributed by atoms with E-state index in [0.29, 0.717) is 30.8 Å². The SMILES string of the molecule is CC(C)C1OCOC1C(C)C. The van der Waals surface area contributed by atoms with Crippen LogP contribution >= 0.6 is 0 Å². The van der Waals surface area contributed by atoms with E-state index in [1.165, 1.54) is 0 Å². The van der Waals surface area contributed by atoms with Gasteiger partial charge in [-0.15, -0.1) is 0 Å². The van der Waals surface area contributed by atoms with Crippen molar-refractivity contribution in [3.63, 3.8) is 0 Å². The van der Waals surface area contributed by atoms with Crippen LogP contribution in [0.25, 0.3) is 0 Å². The van der Waals surface area contributed by atoms with E-state index >= 15 is 0 Å². The second-order valence-corrected chi connectivity index (χ2v) is 3.87. The summed E-state index contributed by atoms with van der Waals surface area (Å²) in [7, 11) is 0. The molecule has 1 heterocycles. The average Bonchev–Trinajstić information content (AvgIpc) is 2.32. The molecule has 1 saturated heterocycles. The fraction of sp³-hybridized carbons (Fsp3) is 1.00. The van der Waals surface area contributed by atoms with Gasteiger partial charge in [-0.3, -0.25) is 0 Å². The van der Waals surface area contributed by atoms with E-state index in [1.807, 2.05) is 0 Å². The van der Waals surface area contributed by atoms with Crippen LogP contribution in [0.4, 0.5) is 0 Å². The van der Waals surface area contributed by atoms with Crippen molar-refractivity contribution in [1.29, 1.82) is 0 Å². The fourth-order valence-corrected chi connectivity index (χ4v) is 1.53. The minimum atomic E-state index is 0.301. The van der Waals surface area contributed by atoms with Gasteiger partial charge in [-0.1, -0.05) is 27.7 Å². The van der Waals surface area contributed by atoms with Gasteiger partial charge < -0.3 is 9.47 Å². The highest BCUT2D eigenvalue weighted by molar-refractivity contribution is 4.79. The van der Waals surface area contributed by atoms with Crippen molar-refractivity contribution in [1.82, 2.24) is 0 Å². The Hall–Kier alpha value is -0.0800. The zero-order valence-electron chi connectivity index (χ0n) is 7.83.